The molecule has 6 unspecified atom stereocenters. The first-order valence-corrected chi connectivity index (χ1v) is 13.8. The fourth-order valence-corrected chi connectivity index (χ4v) is 14.0. The van der Waals surface area contributed by atoms with Crippen LogP contribution in [0.1, 0.15) is 79.1 Å². The second-order valence-electron chi connectivity index (χ2n) is 11.6. The van der Waals surface area contributed by atoms with E-state index < -0.39 is 8.07 Å². The van der Waals surface area contributed by atoms with E-state index in [0.717, 1.165) is 34.8 Å². The summed E-state index contributed by atoms with van der Waals surface area (Å²) in [6.45, 7) is 16.2. The second kappa shape index (κ2) is 5.12. The van der Waals surface area contributed by atoms with E-state index in [1.54, 1.807) is 25.7 Å². The average Bonchev–Trinajstić information content (AvgIpc) is 2.77. The van der Waals surface area contributed by atoms with Crippen LogP contribution in [-0.2, 0) is 0 Å². The van der Waals surface area contributed by atoms with Gasteiger partial charge in [0.25, 0.3) is 0 Å². The number of rotatable bonds is 2. The lowest BCUT2D eigenvalue weighted by Gasteiger charge is -2.47. The van der Waals surface area contributed by atoms with Crippen LogP contribution in [0.25, 0.3) is 0 Å². The molecule has 132 valence electrons. The van der Waals surface area contributed by atoms with Crippen LogP contribution >= 0.6 is 0 Å². The van der Waals surface area contributed by atoms with Gasteiger partial charge >= 0.3 is 0 Å². The Labute approximate surface area is 146 Å². The minimum absolute atomic E-state index is 0.649. The van der Waals surface area contributed by atoms with Crippen LogP contribution in [-0.4, -0.2) is 8.07 Å². The van der Waals surface area contributed by atoms with Gasteiger partial charge in [-0.25, -0.2) is 0 Å². The maximum Gasteiger partial charge on any atom is 0.0542 e. The predicted octanol–water partition coefficient (Wildman–Crippen LogP) is 7.13. The minimum Gasteiger partial charge on any atom is -0.0689 e. The highest BCUT2D eigenvalue weighted by atomic mass is 28.3. The van der Waals surface area contributed by atoms with E-state index in [9.17, 15) is 0 Å². The summed E-state index contributed by atoms with van der Waals surface area (Å²) < 4.78 is 0. The Hall–Kier alpha value is 0.217. The monoisotopic (exact) mass is 332 g/mol. The topological polar surface area (TPSA) is 0 Å². The van der Waals surface area contributed by atoms with Crippen molar-refractivity contribution in [2.75, 3.05) is 0 Å². The second-order valence-corrected chi connectivity index (χ2v) is 16.7. The Morgan fingerprint density at radius 3 is 1.39 bits per heavy atom. The van der Waals surface area contributed by atoms with Crippen LogP contribution in [0.4, 0.5) is 0 Å². The number of hydrogen-bond acceptors (Lipinski definition) is 0. The van der Waals surface area contributed by atoms with Crippen molar-refractivity contribution in [1.29, 1.82) is 0 Å². The van der Waals surface area contributed by atoms with Crippen LogP contribution in [0.5, 0.6) is 0 Å². The molecule has 0 aromatic rings. The summed E-state index contributed by atoms with van der Waals surface area (Å²) in [5.41, 5.74) is 3.56. The molecule has 0 aliphatic heterocycles. The molecule has 0 saturated heterocycles. The molecule has 4 aliphatic rings. The van der Waals surface area contributed by atoms with E-state index in [0.29, 0.717) is 10.8 Å². The van der Waals surface area contributed by atoms with E-state index in [1.165, 1.54) is 25.7 Å². The van der Waals surface area contributed by atoms with Gasteiger partial charge < -0.3 is 0 Å². The SMILES string of the molecule is CC1(C)C2CCCC1C([Si](C)(C)C1CC3CCCC1C3(C)C)C2. The molecule has 0 aromatic carbocycles. The summed E-state index contributed by atoms with van der Waals surface area (Å²) in [6, 6.07) is 0. The Morgan fingerprint density at radius 1 is 0.652 bits per heavy atom. The lowest BCUT2D eigenvalue weighted by atomic mass is 9.68. The zero-order valence-electron chi connectivity index (χ0n) is 16.6. The maximum absolute atomic E-state index is 2.83. The van der Waals surface area contributed by atoms with Crippen LogP contribution in [0.3, 0.4) is 0 Å². The fraction of sp³-hybridized carbons (Fsp3) is 1.00. The molecule has 0 radical (unpaired) electrons. The summed E-state index contributed by atoms with van der Waals surface area (Å²) in [5.74, 6) is 4.22. The summed E-state index contributed by atoms with van der Waals surface area (Å²) >= 11 is 0. The van der Waals surface area contributed by atoms with Crippen molar-refractivity contribution in [3.05, 3.63) is 0 Å². The molecule has 0 amide bonds. The predicted molar refractivity (Wildman–Crippen MR) is 103 cm³/mol. The first kappa shape index (κ1) is 16.7. The van der Waals surface area contributed by atoms with Crippen molar-refractivity contribution < 1.29 is 0 Å². The zero-order chi connectivity index (χ0) is 16.6. The molecular weight excluding hydrogens is 292 g/mol. The normalized spacial score (nSPS) is 47.7. The first-order valence-electron chi connectivity index (χ1n) is 10.7. The standard InChI is InChI=1S/C22H40Si/c1-21(2)15-9-7-11-17(21)19(13-15)23(5,6)20-14-16-10-8-12-18(20)22(16,3)4/h15-20H,7-14H2,1-6H3. The van der Waals surface area contributed by atoms with Gasteiger partial charge in [0.1, 0.15) is 0 Å². The molecule has 4 aliphatic carbocycles. The lowest BCUT2D eigenvalue weighted by Crippen LogP contribution is -2.44. The van der Waals surface area contributed by atoms with E-state index in [4.69, 9.17) is 0 Å². The molecule has 0 nitrogen and oxygen atoms in total. The third-order valence-electron chi connectivity index (χ3n) is 10.1. The van der Waals surface area contributed by atoms with Crippen LogP contribution < -0.4 is 0 Å². The molecule has 4 fully saturated rings. The molecule has 4 rings (SSSR count). The molecular formula is C22H40Si. The Bertz CT molecular complexity index is 432. The van der Waals surface area contributed by atoms with Gasteiger partial charge in [-0.2, -0.15) is 0 Å². The van der Waals surface area contributed by atoms with Gasteiger partial charge in [-0.15, -0.1) is 0 Å². The number of fused-ring (bicyclic) bond motifs is 4. The van der Waals surface area contributed by atoms with Crippen molar-refractivity contribution in [1.82, 2.24) is 0 Å². The van der Waals surface area contributed by atoms with E-state index in [-0.39, 0.29) is 0 Å². The summed E-state index contributed by atoms with van der Waals surface area (Å²) in [5, 5.41) is 0. The zero-order valence-corrected chi connectivity index (χ0v) is 17.6. The van der Waals surface area contributed by atoms with Crippen LogP contribution in [0, 0.1) is 34.5 Å². The third kappa shape index (κ3) is 2.20. The third-order valence-corrected chi connectivity index (χ3v) is 15.2. The van der Waals surface area contributed by atoms with Crippen LogP contribution in [0.15, 0.2) is 0 Å². The highest BCUT2D eigenvalue weighted by Gasteiger charge is 2.61. The average molecular weight is 333 g/mol. The van der Waals surface area contributed by atoms with Gasteiger partial charge in [0.2, 0.25) is 0 Å². The smallest absolute Gasteiger partial charge is 0.0542 e. The quantitative estimate of drug-likeness (QED) is 0.472. The van der Waals surface area contributed by atoms with Crippen LogP contribution in [0.2, 0.25) is 24.2 Å². The maximum atomic E-state index is 2.83. The highest BCUT2D eigenvalue weighted by Crippen LogP contribution is 2.69. The molecule has 4 saturated carbocycles. The molecule has 4 bridgehead atoms. The molecule has 1 heteroatoms. The Kier molecular flexibility index (Phi) is 3.71. The largest absolute Gasteiger partial charge is 0.0689 e. The molecule has 0 heterocycles. The molecule has 23 heavy (non-hydrogen) atoms. The van der Waals surface area contributed by atoms with Gasteiger partial charge in [0.15, 0.2) is 0 Å². The summed E-state index contributed by atoms with van der Waals surface area (Å²) in [6.07, 6.45) is 12.4. The summed E-state index contributed by atoms with van der Waals surface area (Å²) in [4.78, 5) is 0. The van der Waals surface area contributed by atoms with Crippen molar-refractivity contribution in [2.45, 2.75) is 103 Å². The van der Waals surface area contributed by atoms with E-state index >= 15 is 0 Å². The molecule has 0 spiro atoms. The highest BCUT2D eigenvalue weighted by molar-refractivity contribution is 6.80. The summed E-state index contributed by atoms with van der Waals surface area (Å²) in [7, 11) is -1.19. The molecule has 0 aromatic heterocycles. The van der Waals surface area contributed by atoms with Crippen molar-refractivity contribution in [2.24, 2.45) is 34.5 Å². The molecule has 6 atom stereocenters. The van der Waals surface area contributed by atoms with Crippen molar-refractivity contribution in [3.63, 3.8) is 0 Å². The lowest BCUT2D eigenvalue weighted by molar-refractivity contribution is 0.122. The van der Waals surface area contributed by atoms with Gasteiger partial charge in [-0.1, -0.05) is 53.6 Å². The fourth-order valence-electron chi connectivity index (χ4n) is 8.41. The van der Waals surface area contributed by atoms with Crippen molar-refractivity contribution >= 4 is 8.07 Å². The van der Waals surface area contributed by atoms with E-state index in [2.05, 4.69) is 40.8 Å². The Balaban J connectivity index is 1.64. The first-order chi connectivity index (χ1) is 10.7. The van der Waals surface area contributed by atoms with Gasteiger partial charge in [-0.05, 0) is 84.1 Å². The Morgan fingerprint density at radius 2 is 1.04 bits per heavy atom. The minimum atomic E-state index is -1.19. The number of hydrogen-bond donors (Lipinski definition) is 0. The molecule has 0 N–H and O–H groups in total. The van der Waals surface area contributed by atoms with Gasteiger partial charge in [0.05, 0.1) is 8.07 Å². The van der Waals surface area contributed by atoms with Gasteiger partial charge in [0, 0.05) is 0 Å². The van der Waals surface area contributed by atoms with Crippen molar-refractivity contribution in [3.8, 4) is 0 Å². The van der Waals surface area contributed by atoms with E-state index in [1.807, 2.05) is 0 Å². The van der Waals surface area contributed by atoms with Gasteiger partial charge in [-0.3, -0.25) is 0 Å².